The molecule has 0 heterocycles. The van der Waals surface area contributed by atoms with E-state index in [4.69, 9.17) is 30.6 Å². The maximum absolute atomic E-state index is 10.0. The van der Waals surface area contributed by atoms with E-state index in [1.807, 2.05) is 0 Å². The van der Waals surface area contributed by atoms with Crippen LogP contribution in [0.15, 0.2) is 0 Å². The molecule has 0 saturated heterocycles. The fraction of sp³-hybridized carbons (Fsp3) is 0.875. The average Bonchev–Trinajstić information content (AvgIpc) is 2.60. The Balaban J connectivity index is -0.000000326. The van der Waals surface area contributed by atoms with Gasteiger partial charge in [-0.25, -0.2) is 0 Å². The van der Waals surface area contributed by atoms with Gasteiger partial charge in [0.2, 0.25) is 0 Å². The highest BCUT2D eigenvalue weighted by molar-refractivity contribution is 5.66. The normalized spacial score (nSPS) is 9.54. The minimum atomic E-state index is -0.784. The van der Waals surface area contributed by atoms with Gasteiger partial charge < -0.3 is 41.3 Å². The van der Waals surface area contributed by atoms with E-state index in [0.717, 1.165) is 12.8 Å². The summed E-state index contributed by atoms with van der Waals surface area (Å²) in [5, 5.41) is 54.7. The Hall–Kier alpha value is -1.30. The van der Waals surface area contributed by atoms with Crippen LogP contribution in [0.5, 0.6) is 0 Å². The van der Waals surface area contributed by atoms with Crippen LogP contribution in [0.3, 0.4) is 0 Å². The number of aliphatic hydroxyl groups excluding tert-OH is 4. The van der Waals surface area contributed by atoms with Crippen molar-refractivity contribution >= 4 is 11.9 Å². The molecule has 0 radical (unpaired) electrons. The monoisotopic (exact) mass is 384 g/mol. The predicted octanol–water partition coefficient (Wildman–Crippen LogP) is -1.38. The lowest BCUT2D eigenvalue weighted by molar-refractivity contribution is -0.138. The Kier molecular flexibility index (Phi) is 32.3. The lowest BCUT2D eigenvalue weighted by Crippen LogP contribution is -2.21. The molecule has 26 heavy (non-hydrogen) atoms. The van der Waals surface area contributed by atoms with Crippen molar-refractivity contribution in [3.05, 3.63) is 0 Å². The summed E-state index contributed by atoms with van der Waals surface area (Å²) in [6, 6.07) is 0. The van der Waals surface area contributed by atoms with Crippen LogP contribution >= 0.6 is 0 Å². The van der Waals surface area contributed by atoms with Crippen molar-refractivity contribution in [1.29, 1.82) is 0 Å². The lowest BCUT2D eigenvalue weighted by atomic mass is 10.1. The lowest BCUT2D eigenvalue weighted by Gasteiger charge is -1.96. The molecule has 0 amide bonds. The highest BCUT2D eigenvalue weighted by atomic mass is 16.4. The van der Waals surface area contributed by atoms with Gasteiger partial charge in [0.25, 0.3) is 0 Å². The molecule has 0 aliphatic carbocycles. The summed E-state index contributed by atoms with van der Waals surface area (Å²) in [6.45, 7) is 2.84. The number of carbonyl (C=O) groups is 2. The molecule has 0 aliphatic rings. The number of unbranched alkanes of at least 4 members (excludes halogenated alkanes) is 3. The highest BCUT2D eigenvalue weighted by Crippen LogP contribution is 2.04. The first-order chi connectivity index (χ1) is 12.5. The van der Waals surface area contributed by atoms with Gasteiger partial charge in [-0.1, -0.05) is 12.8 Å². The summed E-state index contributed by atoms with van der Waals surface area (Å²) in [4.78, 5) is 20.1. The molecule has 10 heteroatoms. The molecule has 0 aromatic heterocycles. The van der Waals surface area contributed by atoms with E-state index >= 15 is 0 Å². The Bertz CT molecular complexity index is 257. The second-order valence-corrected chi connectivity index (χ2v) is 5.10. The predicted molar refractivity (Wildman–Crippen MR) is 97.1 cm³/mol. The van der Waals surface area contributed by atoms with Crippen molar-refractivity contribution in [2.45, 2.75) is 38.5 Å². The van der Waals surface area contributed by atoms with Crippen molar-refractivity contribution in [3.63, 3.8) is 0 Å². The molecule has 0 spiro atoms. The third kappa shape index (κ3) is 43.4. The number of carboxylic acids is 2. The van der Waals surface area contributed by atoms with Crippen LogP contribution in [-0.4, -0.2) is 95.2 Å². The van der Waals surface area contributed by atoms with Gasteiger partial charge in [0, 0.05) is 39.0 Å². The zero-order valence-electron chi connectivity index (χ0n) is 15.4. The zero-order chi connectivity index (χ0) is 20.5. The molecule has 0 unspecified atom stereocenters. The van der Waals surface area contributed by atoms with E-state index in [0.29, 0.717) is 39.0 Å². The van der Waals surface area contributed by atoms with Crippen molar-refractivity contribution in [2.75, 3.05) is 52.6 Å². The third-order valence-electron chi connectivity index (χ3n) is 2.69. The highest BCUT2D eigenvalue weighted by Gasteiger charge is 1.98. The number of hydrogen-bond acceptors (Lipinski definition) is 8. The molecular weight excluding hydrogens is 348 g/mol. The molecule has 0 aromatic carbocycles. The Labute approximate surface area is 154 Å². The van der Waals surface area contributed by atoms with Gasteiger partial charge in [-0.3, -0.25) is 9.59 Å². The Morgan fingerprint density at radius 1 is 0.538 bits per heavy atom. The second kappa shape index (κ2) is 28.5. The van der Waals surface area contributed by atoms with Gasteiger partial charge in [-0.05, 0) is 12.8 Å². The fourth-order valence-electron chi connectivity index (χ4n) is 1.47. The SMILES string of the molecule is O=C(O)CCCCCCC(=O)O.OCCNCCO.OCCNCCO. The summed E-state index contributed by atoms with van der Waals surface area (Å²) >= 11 is 0. The summed E-state index contributed by atoms with van der Waals surface area (Å²) in [5.74, 6) is -1.57. The topological polar surface area (TPSA) is 180 Å². The average molecular weight is 384 g/mol. The minimum Gasteiger partial charge on any atom is -0.481 e. The Morgan fingerprint density at radius 2 is 0.808 bits per heavy atom. The molecule has 0 saturated carbocycles. The summed E-state index contributed by atoms with van der Waals surface area (Å²) in [5.41, 5.74) is 0. The van der Waals surface area contributed by atoms with Gasteiger partial charge in [0.05, 0.1) is 26.4 Å². The largest absolute Gasteiger partial charge is 0.481 e. The van der Waals surface area contributed by atoms with Crippen LogP contribution in [-0.2, 0) is 9.59 Å². The van der Waals surface area contributed by atoms with Crippen LogP contribution in [0.4, 0.5) is 0 Å². The number of rotatable bonds is 15. The van der Waals surface area contributed by atoms with Gasteiger partial charge in [0.1, 0.15) is 0 Å². The zero-order valence-corrected chi connectivity index (χ0v) is 15.4. The van der Waals surface area contributed by atoms with Crippen LogP contribution in [0.2, 0.25) is 0 Å². The summed E-state index contributed by atoms with van der Waals surface area (Å²) in [7, 11) is 0. The first-order valence-electron chi connectivity index (χ1n) is 8.74. The fourth-order valence-corrected chi connectivity index (χ4v) is 1.47. The molecular formula is C16H36N2O8. The number of hydrogen-bond donors (Lipinski definition) is 8. The number of nitrogens with one attached hydrogen (secondary N) is 2. The van der Waals surface area contributed by atoms with Crippen LogP contribution in [0.25, 0.3) is 0 Å². The second-order valence-electron chi connectivity index (χ2n) is 5.10. The van der Waals surface area contributed by atoms with Gasteiger partial charge in [0.15, 0.2) is 0 Å². The van der Waals surface area contributed by atoms with Gasteiger partial charge in [-0.2, -0.15) is 0 Å². The van der Waals surface area contributed by atoms with Gasteiger partial charge in [-0.15, -0.1) is 0 Å². The smallest absolute Gasteiger partial charge is 0.303 e. The van der Waals surface area contributed by atoms with E-state index in [2.05, 4.69) is 10.6 Å². The maximum Gasteiger partial charge on any atom is 0.303 e. The number of carboxylic acid groups (broad SMARTS) is 2. The van der Waals surface area contributed by atoms with Crippen molar-refractivity contribution < 1.29 is 40.2 Å². The standard InChI is InChI=1S/C8H14O4.2C4H11NO2/c9-7(10)5-3-1-2-4-6-8(11)12;2*6-3-1-5-2-4-7/h1-6H2,(H,9,10)(H,11,12);2*5-7H,1-4H2. The summed E-state index contributed by atoms with van der Waals surface area (Å²) < 4.78 is 0. The van der Waals surface area contributed by atoms with Crippen LogP contribution in [0.1, 0.15) is 38.5 Å². The van der Waals surface area contributed by atoms with Crippen LogP contribution < -0.4 is 10.6 Å². The van der Waals surface area contributed by atoms with Crippen molar-refractivity contribution in [1.82, 2.24) is 10.6 Å². The molecule has 0 atom stereocenters. The first kappa shape index (κ1) is 29.5. The number of aliphatic hydroxyl groups is 4. The van der Waals surface area contributed by atoms with Crippen LogP contribution in [0, 0.1) is 0 Å². The third-order valence-corrected chi connectivity index (χ3v) is 2.69. The van der Waals surface area contributed by atoms with Gasteiger partial charge >= 0.3 is 11.9 Å². The maximum atomic E-state index is 10.0. The quantitative estimate of drug-likeness (QED) is 0.157. The molecule has 0 rings (SSSR count). The van der Waals surface area contributed by atoms with Crippen molar-refractivity contribution in [2.24, 2.45) is 0 Å². The van der Waals surface area contributed by atoms with Crippen molar-refractivity contribution in [3.8, 4) is 0 Å². The summed E-state index contributed by atoms with van der Waals surface area (Å²) in [6.07, 6.45) is 3.28. The Morgan fingerprint density at radius 3 is 1.00 bits per heavy atom. The van der Waals surface area contributed by atoms with E-state index in [9.17, 15) is 9.59 Å². The molecule has 0 aliphatic heterocycles. The molecule has 158 valence electrons. The molecule has 8 N–H and O–H groups in total. The first-order valence-corrected chi connectivity index (χ1v) is 8.74. The van der Waals surface area contributed by atoms with E-state index in [-0.39, 0.29) is 39.3 Å². The van der Waals surface area contributed by atoms with E-state index in [1.54, 1.807) is 0 Å². The van der Waals surface area contributed by atoms with E-state index in [1.165, 1.54) is 0 Å². The molecule has 10 nitrogen and oxygen atoms in total. The molecule has 0 fully saturated rings. The number of aliphatic carboxylic acids is 2. The van der Waals surface area contributed by atoms with E-state index < -0.39 is 11.9 Å². The minimum absolute atomic E-state index is 0.139. The molecule has 0 bridgehead atoms. The molecule has 0 aromatic rings.